The van der Waals surface area contributed by atoms with Gasteiger partial charge in [0.25, 0.3) is 0 Å². The van der Waals surface area contributed by atoms with Gasteiger partial charge < -0.3 is 14.5 Å². The van der Waals surface area contributed by atoms with Gasteiger partial charge in [-0.2, -0.15) is 31.3 Å². The Labute approximate surface area is 147 Å². The Balaban J connectivity index is 1.90. The summed E-state index contributed by atoms with van der Waals surface area (Å²) in [4.78, 5) is 15.9. The molecule has 146 valence electrons. The minimum atomic E-state index is -5.07. The lowest BCUT2D eigenvalue weighted by Crippen LogP contribution is -2.40. The fourth-order valence-electron chi connectivity index (χ4n) is 2.82. The number of phenols is 1. The number of phenolic OH excluding ortho intramolecular Hbond substituents is 1. The van der Waals surface area contributed by atoms with Crippen molar-refractivity contribution in [2.75, 3.05) is 6.54 Å². The quantitative estimate of drug-likeness (QED) is 0.785. The molecule has 27 heavy (non-hydrogen) atoms. The molecule has 0 bridgehead atoms. The maximum absolute atomic E-state index is 12.9. The third-order valence-corrected chi connectivity index (χ3v) is 4.04. The van der Waals surface area contributed by atoms with Gasteiger partial charge in [0, 0.05) is 12.1 Å². The van der Waals surface area contributed by atoms with Crippen LogP contribution in [0.5, 0.6) is 5.75 Å². The first-order valence-corrected chi connectivity index (χ1v) is 7.60. The molecule has 1 aromatic carbocycles. The van der Waals surface area contributed by atoms with Crippen molar-refractivity contribution >= 4 is 5.91 Å². The fraction of sp³-hybridized carbons (Fsp3) is 0.400. The van der Waals surface area contributed by atoms with E-state index in [9.17, 15) is 36.2 Å². The Morgan fingerprint density at radius 3 is 2.56 bits per heavy atom. The van der Waals surface area contributed by atoms with Gasteiger partial charge in [0.15, 0.2) is 0 Å². The molecule has 0 aliphatic carbocycles. The maximum atomic E-state index is 12.9. The molecule has 0 spiro atoms. The molecule has 1 amide bonds. The van der Waals surface area contributed by atoms with E-state index >= 15 is 0 Å². The summed E-state index contributed by atoms with van der Waals surface area (Å²) in [6.07, 6.45) is -9.47. The Bertz CT molecular complexity index is 861. The van der Waals surface area contributed by atoms with E-state index < -0.39 is 35.6 Å². The lowest BCUT2D eigenvalue weighted by molar-refractivity contribution is -0.186. The van der Waals surface area contributed by atoms with Crippen LogP contribution in [0.4, 0.5) is 26.3 Å². The van der Waals surface area contributed by atoms with Crippen LogP contribution in [0.25, 0.3) is 11.4 Å². The van der Waals surface area contributed by atoms with Crippen molar-refractivity contribution in [2.45, 2.75) is 31.2 Å². The van der Waals surface area contributed by atoms with Crippen LogP contribution in [0.2, 0.25) is 0 Å². The number of hydrogen-bond acceptors (Lipinski definition) is 5. The number of amides is 1. The zero-order valence-electron chi connectivity index (χ0n) is 13.3. The van der Waals surface area contributed by atoms with E-state index in [-0.39, 0.29) is 36.7 Å². The van der Waals surface area contributed by atoms with Gasteiger partial charge in [-0.05, 0) is 31.0 Å². The number of carbonyl (C=O) groups excluding carboxylic acids is 1. The summed E-state index contributed by atoms with van der Waals surface area (Å²) >= 11 is 0. The predicted octanol–water partition coefficient (Wildman–Crippen LogP) is 3.69. The highest BCUT2D eigenvalue weighted by molar-refractivity contribution is 5.82. The van der Waals surface area contributed by atoms with Crippen LogP contribution in [-0.4, -0.2) is 38.8 Å². The summed E-state index contributed by atoms with van der Waals surface area (Å²) in [6.45, 7) is -0.155. The van der Waals surface area contributed by atoms with Crippen molar-refractivity contribution in [2.24, 2.45) is 0 Å². The summed E-state index contributed by atoms with van der Waals surface area (Å²) in [5.74, 6) is -3.65. The zero-order chi connectivity index (χ0) is 20.0. The highest BCUT2D eigenvalue weighted by Crippen LogP contribution is 2.39. The molecule has 6 nitrogen and oxygen atoms in total. The van der Waals surface area contributed by atoms with E-state index in [1.54, 1.807) is 0 Å². The number of carbonyl (C=O) groups is 1. The predicted molar refractivity (Wildman–Crippen MR) is 76.1 cm³/mol. The minimum absolute atomic E-state index is 0.146. The zero-order valence-corrected chi connectivity index (χ0v) is 13.3. The van der Waals surface area contributed by atoms with Crippen molar-refractivity contribution in [3.8, 4) is 17.1 Å². The van der Waals surface area contributed by atoms with E-state index in [4.69, 9.17) is 4.52 Å². The van der Waals surface area contributed by atoms with Crippen LogP contribution < -0.4 is 0 Å². The minimum Gasteiger partial charge on any atom is -0.507 e. The van der Waals surface area contributed by atoms with Crippen LogP contribution in [0, 0.1) is 0 Å². The lowest BCUT2D eigenvalue weighted by Gasteiger charge is -2.22. The van der Waals surface area contributed by atoms with Gasteiger partial charge in [-0.3, -0.25) is 4.79 Å². The molecular formula is C15H11F6N3O3. The van der Waals surface area contributed by atoms with Crippen LogP contribution in [0.1, 0.15) is 30.3 Å². The summed E-state index contributed by atoms with van der Waals surface area (Å²) < 4.78 is 81.5. The van der Waals surface area contributed by atoms with Crippen molar-refractivity contribution in [1.82, 2.24) is 15.0 Å². The van der Waals surface area contributed by atoms with Gasteiger partial charge in [0.05, 0.1) is 5.56 Å². The smallest absolute Gasteiger partial charge is 0.471 e. The topological polar surface area (TPSA) is 79.5 Å². The second-order valence-electron chi connectivity index (χ2n) is 5.84. The molecule has 1 fully saturated rings. The van der Waals surface area contributed by atoms with E-state index in [1.807, 2.05) is 0 Å². The highest BCUT2D eigenvalue weighted by Gasteiger charge is 2.47. The summed E-state index contributed by atoms with van der Waals surface area (Å²) in [5.41, 5.74) is -1.47. The van der Waals surface area contributed by atoms with Gasteiger partial charge in [-0.15, -0.1) is 0 Å². The van der Waals surface area contributed by atoms with Crippen LogP contribution in [0.15, 0.2) is 22.7 Å². The van der Waals surface area contributed by atoms with E-state index in [2.05, 4.69) is 10.1 Å². The normalized spacial score (nSPS) is 18.1. The van der Waals surface area contributed by atoms with Crippen molar-refractivity contribution < 1.29 is 40.8 Å². The number of aromatic hydroxyl groups is 1. The van der Waals surface area contributed by atoms with Crippen LogP contribution >= 0.6 is 0 Å². The molecule has 0 radical (unpaired) electrons. The Morgan fingerprint density at radius 2 is 1.93 bits per heavy atom. The molecular weight excluding hydrogens is 384 g/mol. The third kappa shape index (κ3) is 3.69. The van der Waals surface area contributed by atoms with Crippen LogP contribution in [-0.2, 0) is 11.0 Å². The van der Waals surface area contributed by atoms with Gasteiger partial charge in [-0.25, -0.2) is 0 Å². The molecule has 1 saturated heterocycles. The van der Waals surface area contributed by atoms with Crippen molar-refractivity contribution in [3.05, 3.63) is 29.7 Å². The standard InChI is InChI=1S/C15H11F6N3O3/c16-14(17,18)8-6-7(3-4-10(8)25)11-22-12(27-23-11)9-2-1-5-24(9)13(26)15(19,20)21/h3-4,6,9,25H,1-2,5H2/t9-/m0/s1. The van der Waals surface area contributed by atoms with E-state index in [1.165, 1.54) is 0 Å². The van der Waals surface area contributed by atoms with Crippen molar-refractivity contribution in [3.63, 3.8) is 0 Å². The highest BCUT2D eigenvalue weighted by atomic mass is 19.4. The molecule has 12 heteroatoms. The van der Waals surface area contributed by atoms with Gasteiger partial charge in [-0.1, -0.05) is 5.16 Å². The second-order valence-corrected chi connectivity index (χ2v) is 5.84. The summed E-state index contributed by atoms with van der Waals surface area (Å²) in [5, 5.41) is 12.8. The summed E-state index contributed by atoms with van der Waals surface area (Å²) in [7, 11) is 0. The Kier molecular flexibility index (Phi) is 4.52. The monoisotopic (exact) mass is 395 g/mol. The third-order valence-electron chi connectivity index (χ3n) is 4.04. The molecule has 1 aromatic heterocycles. The first-order chi connectivity index (χ1) is 12.5. The lowest BCUT2D eigenvalue weighted by atomic mass is 10.1. The Hall–Kier alpha value is -2.79. The first-order valence-electron chi connectivity index (χ1n) is 7.60. The number of alkyl halides is 6. The number of likely N-dealkylation sites (tertiary alicyclic amines) is 1. The van der Waals surface area contributed by atoms with Gasteiger partial charge in [0.2, 0.25) is 11.7 Å². The molecule has 0 saturated carbocycles. The number of aromatic nitrogens is 2. The number of rotatable bonds is 2. The maximum Gasteiger partial charge on any atom is 0.471 e. The Morgan fingerprint density at radius 1 is 1.22 bits per heavy atom. The number of hydrogen-bond donors (Lipinski definition) is 1. The number of benzene rings is 1. The molecule has 3 rings (SSSR count). The molecule has 0 unspecified atom stereocenters. The number of nitrogens with zero attached hydrogens (tertiary/aromatic N) is 3. The molecule has 2 aromatic rings. The average molecular weight is 395 g/mol. The molecule has 1 aliphatic rings. The van der Waals surface area contributed by atoms with Gasteiger partial charge in [0.1, 0.15) is 11.8 Å². The first kappa shape index (κ1) is 19.0. The molecule has 1 atom stereocenters. The number of halogens is 6. The largest absolute Gasteiger partial charge is 0.507 e. The molecule has 1 N–H and O–H groups in total. The fourth-order valence-corrected chi connectivity index (χ4v) is 2.82. The van der Waals surface area contributed by atoms with E-state index in [0.29, 0.717) is 11.0 Å². The summed E-state index contributed by atoms with van der Waals surface area (Å²) in [6, 6.07) is 1.38. The molecule has 2 heterocycles. The van der Waals surface area contributed by atoms with Crippen LogP contribution in [0.3, 0.4) is 0 Å². The second kappa shape index (κ2) is 6.43. The van der Waals surface area contributed by atoms with E-state index in [0.717, 1.165) is 12.1 Å². The van der Waals surface area contributed by atoms with Crippen molar-refractivity contribution in [1.29, 1.82) is 0 Å². The average Bonchev–Trinajstić information content (AvgIpc) is 3.21. The SMILES string of the molecule is O=C(N1CCC[C@H]1c1nc(-c2ccc(O)c(C(F)(F)F)c2)no1)C(F)(F)F. The molecule has 1 aliphatic heterocycles. The van der Waals surface area contributed by atoms with Gasteiger partial charge >= 0.3 is 18.3 Å².